The van der Waals surface area contributed by atoms with E-state index in [4.69, 9.17) is 0 Å². The molecular weight excluding hydrogens is 224 g/mol. The van der Waals surface area contributed by atoms with Gasteiger partial charge in [-0.2, -0.15) is 0 Å². The van der Waals surface area contributed by atoms with E-state index in [2.05, 4.69) is 34.9 Å². The summed E-state index contributed by atoms with van der Waals surface area (Å²) in [6.45, 7) is 1.68. The minimum atomic E-state index is -0.274. The molecule has 1 aliphatic carbocycles. The van der Waals surface area contributed by atoms with E-state index in [1.165, 1.54) is 5.56 Å². The fourth-order valence-electron chi connectivity index (χ4n) is 3.19. The van der Waals surface area contributed by atoms with Crippen LogP contribution < -0.4 is 10.6 Å². The summed E-state index contributed by atoms with van der Waals surface area (Å²) in [5.74, 6) is 0.392. The fourth-order valence-corrected chi connectivity index (χ4v) is 3.19. The Morgan fingerprint density at radius 1 is 1.22 bits per heavy atom. The normalized spacial score (nSPS) is 32.7. The van der Waals surface area contributed by atoms with Crippen molar-refractivity contribution in [2.75, 3.05) is 13.1 Å². The Labute approximate surface area is 108 Å². The molecule has 1 aliphatic heterocycles. The molecule has 3 nitrogen and oxygen atoms in total. The summed E-state index contributed by atoms with van der Waals surface area (Å²) < 4.78 is 0. The van der Waals surface area contributed by atoms with Crippen LogP contribution in [0.15, 0.2) is 30.3 Å². The van der Waals surface area contributed by atoms with E-state index in [1.807, 2.05) is 6.07 Å². The molecule has 2 atom stereocenters. The molecule has 0 aromatic heterocycles. The number of ketones is 1. The van der Waals surface area contributed by atoms with Crippen molar-refractivity contribution < 1.29 is 4.79 Å². The summed E-state index contributed by atoms with van der Waals surface area (Å²) in [6.07, 6.45) is 3.80. The van der Waals surface area contributed by atoms with E-state index in [9.17, 15) is 4.79 Å². The van der Waals surface area contributed by atoms with Crippen molar-refractivity contribution in [3.63, 3.8) is 0 Å². The van der Waals surface area contributed by atoms with Gasteiger partial charge in [0, 0.05) is 19.0 Å². The molecule has 1 unspecified atom stereocenters. The van der Waals surface area contributed by atoms with Crippen LogP contribution in [0.3, 0.4) is 0 Å². The van der Waals surface area contributed by atoms with Crippen LogP contribution in [0, 0.1) is 0 Å². The molecule has 3 rings (SSSR count). The lowest BCUT2D eigenvalue weighted by Gasteiger charge is -2.27. The number of hydrogen-bond donors (Lipinski definition) is 2. The van der Waals surface area contributed by atoms with Gasteiger partial charge in [0.15, 0.2) is 5.78 Å². The minimum absolute atomic E-state index is 0.274. The Morgan fingerprint density at radius 2 is 2.06 bits per heavy atom. The van der Waals surface area contributed by atoms with Gasteiger partial charge in [0.2, 0.25) is 0 Å². The van der Waals surface area contributed by atoms with Crippen molar-refractivity contribution >= 4 is 5.78 Å². The largest absolute Gasteiger partial charge is 0.308 e. The number of hydrogen-bond acceptors (Lipinski definition) is 3. The van der Waals surface area contributed by atoms with Gasteiger partial charge in [-0.3, -0.25) is 4.79 Å². The van der Waals surface area contributed by atoms with Crippen LogP contribution in [0.5, 0.6) is 0 Å². The first-order chi connectivity index (χ1) is 8.80. The van der Waals surface area contributed by atoms with E-state index in [-0.39, 0.29) is 5.54 Å². The van der Waals surface area contributed by atoms with Gasteiger partial charge in [0.1, 0.15) is 0 Å². The third kappa shape index (κ3) is 2.08. The molecule has 1 spiro atoms. The first kappa shape index (κ1) is 11.9. The second-order valence-corrected chi connectivity index (χ2v) is 5.42. The maximum atomic E-state index is 12.0. The van der Waals surface area contributed by atoms with Crippen molar-refractivity contribution in [3.05, 3.63) is 35.9 Å². The number of Topliss-reactive ketones (excluding diaryl/α,β-unsaturated/α-hetero) is 1. The summed E-state index contributed by atoms with van der Waals surface area (Å²) in [6, 6.07) is 10.9. The van der Waals surface area contributed by atoms with Crippen molar-refractivity contribution in [2.45, 2.75) is 37.3 Å². The third-order valence-corrected chi connectivity index (χ3v) is 4.29. The number of rotatable bonds is 1. The fraction of sp³-hybridized carbons (Fsp3) is 0.533. The zero-order chi connectivity index (χ0) is 12.4. The molecule has 0 amide bonds. The lowest BCUT2D eigenvalue weighted by Crippen LogP contribution is -2.53. The number of nitrogens with one attached hydrogen (secondary N) is 2. The topological polar surface area (TPSA) is 41.1 Å². The number of carbonyl (C=O) groups is 1. The van der Waals surface area contributed by atoms with Gasteiger partial charge in [0.25, 0.3) is 0 Å². The van der Waals surface area contributed by atoms with Crippen LogP contribution in [0.25, 0.3) is 0 Å². The molecule has 18 heavy (non-hydrogen) atoms. The average molecular weight is 244 g/mol. The lowest BCUT2D eigenvalue weighted by molar-refractivity contribution is -0.122. The predicted octanol–water partition coefficient (Wildman–Crippen LogP) is 1.80. The molecule has 0 bridgehead atoms. The summed E-state index contributed by atoms with van der Waals surface area (Å²) >= 11 is 0. The smallest absolute Gasteiger partial charge is 0.154 e. The highest BCUT2D eigenvalue weighted by Gasteiger charge is 2.42. The summed E-state index contributed by atoms with van der Waals surface area (Å²) in [5, 5.41) is 7.07. The Bertz CT molecular complexity index is 431. The Kier molecular flexibility index (Phi) is 3.18. The summed E-state index contributed by atoms with van der Waals surface area (Å²) in [4.78, 5) is 12.0. The Balaban J connectivity index is 1.74. The van der Waals surface area contributed by atoms with E-state index in [1.54, 1.807) is 0 Å². The number of carbonyl (C=O) groups excluding carboxylic acids is 1. The van der Waals surface area contributed by atoms with E-state index in [0.717, 1.165) is 38.8 Å². The van der Waals surface area contributed by atoms with Crippen molar-refractivity contribution in [2.24, 2.45) is 0 Å². The van der Waals surface area contributed by atoms with Gasteiger partial charge in [-0.25, -0.2) is 0 Å². The van der Waals surface area contributed by atoms with Gasteiger partial charge in [-0.05, 0) is 31.4 Å². The molecule has 2 N–H and O–H groups in total. The maximum Gasteiger partial charge on any atom is 0.154 e. The SMILES string of the molecule is O=C1CCCC12CN[C@H](c1ccccc1)CCN2. The molecule has 0 radical (unpaired) electrons. The highest BCUT2D eigenvalue weighted by molar-refractivity contribution is 5.90. The molecule has 1 saturated heterocycles. The Hall–Kier alpha value is -1.19. The lowest BCUT2D eigenvalue weighted by atomic mass is 9.96. The number of benzene rings is 1. The Morgan fingerprint density at radius 3 is 2.78 bits per heavy atom. The van der Waals surface area contributed by atoms with E-state index in [0.29, 0.717) is 11.8 Å². The molecule has 2 fully saturated rings. The van der Waals surface area contributed by atoms with Crippen LogP contribution >= 0.6 is 0 Å². The standard InChI is InChI=1S/C15H20N2O/c18-14-7-4-9-15(14)11-16-13(8-10-17-15)12-5-2-1-3-6-12/h1-3,5-6,13,16-17H,4,7-11H2/t13-,15?/m0/s1. The van der Waals surface area contributed by atoms with Crippen LogP contribution in [0.4, 0.5) is 0 Å². The third-order valence-electron chi connectivity index (χ3n) is 4.29. The van der Waals surface area contributed by atoms with Crippen LogP contribution in [0.1, 0.15) is 37.3 Å². The van der Waals surface area contributed by atoms with Gasteiger partial charge >= 0.3 is 0 Å². The van der Waals surface area contributed by atoms with Gasteiger partial charge in [0.05, 0.1) is 5.54 Å². The molecule has 96 valence electrons. The maximum absolute atomic E-state index is 12.0. The van der Waals surface area contributed by atoms with E-state index >= 15 is 0 Å². The van der Waals surface area contributed by atoms with Gasteiger partial charge in [-0.1, -0.05) is 30.3 Å². The van der Waals surface area contributed by atoms with Crippen molar-refractivity contribution in [1.29, 1.82) is 0 Å². The van der Waals surface area contributed by atoms with Crippen molar-refractivity contribution in [3.8, 4) is 0 Å². The minimum Gasteiger partial charge on any atom is -0.308 e. The first-order valence-corrected chi connectivity index (χ1v) is 6.87. The van der Waals surface area contributed by atoms with Gasteiger partial charge in [-0.15, -0.1) is 0 Å². The van der Waals surface area contributed by atoms with Crippen LogP contribution in [-0.2, 0) is 4.79 Å². The molecule has 1 aromatic carbocycles. The second-order valence-electron chi connectivity index (χ2n) is 5.42. The molecule has 1 heterocycles. The zero-order valence-corrected chi connectivity index (χ0v) is 10.6. The summed E-state index contributed by atoms with van der Waals surface area (Å²) in [7, 11) is 0. The monoisotopic (exact) mass is 244 g/mol. The molecule has 2 aliphatic rings. The van der Waals surface area contributed by atoms with Gasteiger partial charge < -0.3 is 10.6 Å². The molecule has 1 aromatic rings. The molecular formula is C15H20N2O. The molecule has 1 saturated carbocycles. The van der Waals surface area contributed by atoms with Crippen LogP contribution in [-0.4, -0.2) is 24.4 Å². The quantitative estimate of drug-likeness (QED) is 0.791. The highest BCUT2D eigenvalue weighted by atomic mass is 16.1. The summed E-state index contributed by atoms with van der Waals surface area (Å²) in [5.41, 5.74) is 1.05. The first-order valence-electron chi connectivity index (χ1n) is 6.87. The predicted molar refractivity (Wildman–Crippen MR) is 71.4 cm³/mol. The van der Waals surface area contributed by atoms with Crippen molar-refractivity contribution in [1.82, 2.24) is 10.6 Å². The molecule has 3 heteroatoms. The highest BCUT2D eigenvalue weighted by Crippen LogP contribution is 2.29. The van der Waals surface area contributed by atoms with Crippen LogP contribution in [0.2, 0.25) is 0 Å². The van der Waals surface area contributed by atoms with E-state index < -0.39 is 0 Å². The second kappa shape index (κ2) is 4.82. The average Bonchev–Trinajstić information content (AvgIpc) is 2.64. The zero-order valence-electron chi connectivity index (χ0n) is 10.6.